The summed E-state index contributed by atoms with van der Waals surface area (Å²) in [6.45, 7) is 4.37. The van der Waals surface area contributed by atoms with Crippen LogP contribution in [0.5, 0.6) is 11.5 Å². The van der Waals surface area contributed by atoms with Crippen molar-refractivity contribution in [1.29, 1.82) is 0 Å². The quantitative estimate of drug-likeness (QED) is 0.722. The summed E-state index contributed by atoms with van der Waals surface area (Å²) >= 11 is 0. The third kappa shape index (κ3) is 3.63. The maximum atomic E-state index is 10.8. The van der Waals surface area contributed by atoms with Crippen LogP contribution in [-0.4, -0.2) is 39.3 Å². The third-order valence-electron chi connectivity index (χ3n) is 2.86. The highest BCUT2D eigenvalue weighted by atomic mass is 16.4. The Balaban J connectivity index is 2.93. The average Bonchev–Trinajstić information content (AvgIpc) is 2.27. The second kappa shape index (κ2) is 6.26. The molecule has 0 aliphatic carbocycles. The lowest BCUT2D eigenvalue weighted by Gasteiger charge is -2.27. The number of carboxylic acid groups (broad SMARTS) is 1. The van der Waals surface area contributed by atoms with Crippen LogP contribution < -0.4 is 0 Å². The van der Waals surface area contributed by atoms with Crippen LogP contribution >= 0.6 is 0 Å². The molecule has 100 valence electrons. The highest BCUT2D eigenvalue weighted by Crippen LogP contribution is 2.31. The van der Waals surface area contributed by atoms with Crippen molar-refractivity contribution in [2.75, 3.05) is 13.1 Å². The summed E-state index contributed by atoms with van der Waals surface area (Å²) in [5.74, 6) is -0.925. The molecule has 0 radical (unpaired) electrons. The molecule has 0 bridgehead atoms. The minimum atomic E-state index is -0.895. The van der Waals surface area contributed by atoms with Gasteiger partial charge in [-0.15, -0.1) is 0 Å². The van der Waals surface area contributed by atoms with Crippen molar-refractivity contribution in [3.63, 3.8) is 0 Å². The van der Waals surface area contributed by atoms with Gasteiger partial charge >= 0.3 is 5.97 Å². The maximum absolute atomic E-state index is 10.8. The number of phenols is 2. The van der Waals surface area contributed by atoms with E-state index in [0.29, 0.717) is 12.1 Å². The van der Waals surface area contributed by atoms with E-state index in [2.05, 4.69) is 0 Å². The molecule has 3 N–H and O–H groups in total. The summed E-state index contributed by atoms with van der Waals surface area (Å²) in [5, 5.41) is 27.9. The van der Waals surface area contributed by atoms with Crippen LogP contribution in [0.2, 0.25) is 0 Å². The van der Waals surface area contributed by atoms with Gasteiger partial charge in [-0.2, -0.15) is 0 Å². The van der Waals surface area contributed by atoms with E-state index in [9.17, 15) is 15.0 Å². The zero-order chi connectivity index (χ0) is 13.7. The van der Waals surface area contributed by atoms with E-state index < -0.39 is 5.97 Å². The fourth-order valence-corrected chi connectivity index (χ4v) is 1.95. The Morgan fingerprint density at radius 2 is 2.06 bits per heavy atom. The first-order valence-electron chi connectivity index (χ1n) is 5.93. The molecule has 1 rings (SSSR count). The summed E-state index contributed by atoms with van der Waals surface area (Å²) < 4.78 is 0. The molecule has 1 atom stereocenters. The van der Waals surface area contributed by atoms with E-state index in [1.54, 1.807) is 11.0 Å². The molecule has 0 heterocycles. The minimum absolute atomic E-state index is 0.0104. The standard InChI is InChI=1S/C13H19NO4/c1-3-6-14(8-13(17)18)9(2)11-5-4-10(15)7-12(11)16/h4-5,7,9,15-16H,3,6,8H2,1-2H3,(H,17,18). The lowest BCUT2D eigenvalue weighted by Crippen LogP contribution is -2.33. The summed E-state index contributed by atoms with van der Waals surface area (Å²) in [4.78, 5) is 12.6. The Morgan fingerprint density at radius 3 is 2.56 bits per heavy atom. The highest BCUT2D eigenvalue weighted by molar-refractivity contribution is 5.69. The lowest BCUT2D eigenvalue weighted by atomic mass is 10.0. The molecular formula is C13H19NO4. The number of rotatable bonds is 6. The molecule has 0 saturated heterocycles. The van der Waals surface area contributed by atoms with Gasteiger partial charge in [0.2, 0.25) is 0 Å². The number of carbonyl (C=O) groups is 1. The van der Waals surface area contributed by atoms with Crippen LogP contribution in [0, 0.1) is 0 Å². The Bertz CT molecular complexity index is 419. The van der Waals surface area contributed by atoms with E-state index in [1.165, 1.54) is 12.1 Å². The van der Waals surface area contributed by atoms with Crippen LogP contribution in [0.15, 0.2) is 18.2 Å². The molecule has 0 spiro atoms. The number of nitrogens with zero attached hydrogens (tertiary/aromatic N) is 1. The van der Waals surface area contributed by atoms with Gasteiger partial charge in [-0.25, -0.2) is 0 Å². The van der Waals surface area contributed by atoms with Gasteiger partial charge in [-0.1, -0.05) is 13.0 Å². The summed E-state index contributed by atoms with van der Waals surface area (Å²) in [6, 6.07) is 4.13. The number of aliphatic carboxylic acids is 1. The smallest absolute Gasteiger partial charge is 0.317 e. The number of carboxylic acids is 1. The first kappa shape index (κ1) is 14.3. The molecule has 5 nitrogen and oxygen atoms in total. The molecule has 0 fully saturated rings. The molecule has 0 aliphatic rings. The Kier molecular flexibility index (Phi) is 4.97. The number of phenolic OH excluding ortho intramolecular Hbond substituents is 2. The average molecular weight is 253 g/mol. The zero-order valence-electron chi connectivity index (χ0n) is 10.6. The molecule has 1 unspecified atom stereocenters. The van der Waals surface area contributed by atoms with Crippen LogP contribution in [-0.2, 0) is 4.79 Å². The molecule has 0 saturated carbocycles. The Hall–Kier alpha value is -1.75. The molecule has 0 aliphatic heterocycles. The Labute approximate surface area is 106 Å². The summed E-state index contributed by atoms with van der Waals surface area (Å²) in [6.07, 6.45) is 0.830. The van der Waals surface area contributed by atoms with Crippen molar-refractivity contribution in [2.24, 2.45) is 0 Å². The van der Waals surface area contributed by atoms with Gasteiger partial charge in [0.05, 0.1) is 6.54 Å². The van der Waals surface area contributed by atoms with Crippen molar-refractivity contribution in [1.82, 2.24) is 4.90 Å². The van der Waals surface area contributed by atoms with Gasteiger partial charge in [0.15, 0.2) is 0 Å². The van der Waals surface area contributed by atoms with E-state index in [0.717, 1.165) is 6.42 Å². The van der Waals surface area contributed by atoms with E-state index in [1.807, 2.05) is 13.8 Å². The predicted molar refractivity (Wildman–Crippen MR) is 67.7 cm³/mol. The first-order chi connectivity index (χ1) is 8.45. The largest absolute Gasteiger partial charge is 0.508 e. The third-order valence-corrected chi connectivity index (χ3v) is 2.86. The van der Waals surface area contributed by atoms with Crippen molar-refractivity contribution in [2.45, 2.75) is 26.3 Å². The van der Waals surface area contributed by atoms with Crippen molar-refractivity contribution in [3.05, 3.63) is 23.8 Å². The van der Waals surface area contributed by atoms with E-state index >= 15 is 0 Å². The van der Waals surface area contributed by atoms with Gasteiger partial charge in [0.1, 0.15) is 11.5 Å². The minimum Gasteiger partial charge on any atom is -0.508 e. The van der Waals surface area contributed by atoms with Gasteiger partial charge in [0, 0.05) is 17.7 Å². The molecule has 0 amide bonds. The fraction of sp³-hybridized carbons (Fsp3) is 0.462. The maximum Gasteiger partial charge on any atom is 0.317 e. The summed E-state index contributed by atoms with van der Waals surface area (Å²) in [5.41, 5.74) is 0.613. The second-order valence-electron chi connectivity index (χ2n) is 4.28. The van der Waals surface area contributed by atoms with Crippen LogP contribution in [0.3, 0.4) is 0 Å². The van der Waals surface area contributed by atoms with Gasteiger partial charge in [-0.05, 0) is 26.0 Å². The van der Waals surface area contributed by atoms with Crippen molar-refractivity contribution in [3.8, 4) is 11.5 Å². The monoisotopic (exact) mass is 253 g/mol. The Morgan fingerprint density at radius 1 is 1.39 bits per heavy atom. The van der Waals surface area contributed by atoms with Gasteiger partial charge < -0.3 is 15.3 Å². The van der Waals surface area contributed by atoms with Crippen LogP contribution in [0.1, 0.15) is 31.9 Å². The molecular weight excluding hydrogens is 234 g/mol. The van der Waals surface area contributed by atoms with Crippen molar-refractivity contribution >= 4 is 5.97 Å². The van der Waals surface area contributed by atoms with Gasteiger partial charge in [-0.3, -0.25) is 9.69 Å². The topological polar surface area (TPSA) is 81.0 Å². The highest BCUT2D eigenvalue weighted by Gasteiger charge is 2.20. The molecule has 5 heteroatoms. The molecule has 1 aromatic rings. The van der Waals surface area contributed by atoms with E-state index in [-0.39, 0.29) is 24.1 Å². The van der Waals surface area contributed by atoms with Crippen LogP contribution in [0.4, 0.5) is 0 Å². The number of hydrogen-bond acceptors (Lipinski definition) is 4. The molecule has 18 heavy (non-hydrogen) atoms. The van der Waals surface area contributed by atoms with Crippen molar-refractivity contribution < 1.29 is 20.1 Å². The summed E-state index contributed by atoms with van der Waals surface area (Å²) in [7, 11) is 0. The van der Waals surface area contributed by atoms with Gasteiger partial charge in [0.25, 0.3) is 0 Å². The van der Waals surface area contributed by atoms with E-state index in [4.69, 9.17) is 5.11 Å². The fourth-order valence-electron chi connectivity index (χ4n) is 1.95. The number of benzene rings is 1. The predicted octanol–water partition coefficient (Wildman–Crippen LogP) is 1.96. The molecule has 0 aromatic heterocycles. The SMILES string of the molecule is CCCN(CC(=O)O)C(C)c1ccc(O)cc1O. The molecule has 1 aromatic carbocycles. The second-order valence-corrected chi connectivity index (χ2v) is 4.28. The zero-order valence-corrected chi connectivity index (χ0v) is 10.6. The lowest BCUT2D eigenvalue weighted by molar-refractivity contribution is -0.138. The number of hydrogen-bond donors (Lipinski definition) is 3. The number of aromatic hydroxyl groups is 2. The first-order valence-corrected chi connectivity index (χ1v) is 5.93. The van der Waals surface area contributed by atoms with Crippen LogP contribution in [0.25, 0.3) is 0 Å². The normalized spacial score (nSPS) is 12.6.